The number of nitrogens with one attached hydrogen (secondary N) is 1. The van der Waals surface area contributed by atoms with Crippen molar-refractivity contribution in [3.63, 3.8) is 0 Å². The molecule has 4 rings (SSSR count). The van der Waals surface area contributed by atoms with Crippen molar-refractivity contribution in [2.45, 2.75) is 38.3 Å². The zero-order valence-electron chi connectivity index (χ0n) is 13.7. The number of carbonyl (C=O) groups is 1. The number of rotatable bonds is 5. The zero-order chi connectivity index (χ0) is 17.1. The van der Waals surface area contributed by atoms with E-state index >= 15 is 0 Å². The molecular formula is C15H19N9O. The first-order chi connectivity index (χ1) is 12.3. The predicted molar refractivity (Wildman–Crippen MR) is 86.8 cm³/mol. The number of H-pyrrole nitrogens is 1. The minimum atomic E-state index is -0.0376. The summed E-state index contributed by atoms with van der Waals surface area (Å²) in [4.78, 5) is 15.1. The molecule has 1 unspecified atom stereocenters. The quantitative estimate of drug-likeness (QED) is 0.730. The molecule has 1 N–H and O–H groups in total. The summed E-state index contributed by atoms with van der Waals surface area (Å²) in [6.45, 7) is 1.55. The molecule has 0 bridgehead atoms. The van der Waals surface area contributed by atoms with Crippen LogP contribution in [0.4, 0.5) is 0 Å². The van der Waals surface area contributed by atoms with Gasteiger partial charge in [-0.2, -0.15) is 14.9 Å². The van der Waals surface area contributed by atoms with Crippen LogP contribution in [0.1, 0.15) is 36.0 Å². The number of likely N-dealkylation sites (tertiary alicyclic amines) is 1. The number of hydrogen-bond acceptors (Lipinski definition) is 6. The summed E-state index contributed by atoms with van der Waals surface area (Å²) < 4.78 is 3.32. The van der Waals surface area contributed by atoms with Gasteiger partial charge < -0.3 is 4.90 Å². The third-order valence-corrected chi connectivity index (χ3v) is 4.57. The van der Waals surface area contributed by atoms with E-state index < -0.39 is 0 Å². The maximum atomic E-state index is 13.1. The van der Waals surface area contributed by atoms with Gasteiger partial charge >= 0.3 is 0 Å². The van der Waals surface area contributed by atoms with Crippen LogP contribution in [0.25, 0.3) is 5.82 Å². The van der Waals surface area contributed by atoms with Crippen molar-refractivity contribution in [1.29, 1.82) is 0 Å². The van der Waals surface area contributed by atoms with Crippen LogP contribution in [-0.4, -0.2) is 63.6 Å². The first-order valence-corrected chi connectivity index (χ1v) is 8.38. The molecular weight excluding hydrogens is 322 g/mol. The lowest BCUT2D eigenvalue weighted by Crippen LogP contribution is -2.44. The lowest BCUT2D eigenvalue weighted by atomic mass is 9.98. The standard InChI is InChI=1S/C15H19N9O/c25-15(13-10-16-19-14(13)24-11-17-20-21-24)23-8-2-1-4-12(23)5-9-22-7-3-6-18-22/h3,6-7,10-12H,1-2,4-5,8-9H2,(H,16,19). The van der Waals surface area contributed by atoms with Gasteiger partial charge in [0.15, 0.2) is 5.82 Å². The predicted octanol–water partition coefficient (Wildman–Crippen LogP) is 0.667. The monoisotopic (exact) mass is 341 g/mol. The topological polar surface area (TPSA) is 110 Å². The van der Waals surface area contributed by atoms with Crippen LogP contribution in [-0.2, 0) is 6.54 Å². The average Bonchev–Trinajstić information content (AvgIpc) is 3.41. The minimum Gasteiger partial charge on any atom is -0.335 e. The van der Waals surface area contributed by atoms with Gasteiger partial charge in [0.1, 0.15) is 11.9 Å². The number of carbonyl (C=O) groups excluding carboxylic acids is 1. The molecule has 1 saturated heterocycles. The Balaban J connectivity index is 1.52. The highest BCUT2D eigenvalue weighted by Gasteiger charge is 2.30. The number of aryl methyl sites for hydroxylation is 1. The Kier molecular flexibility index (Phi) is 4.23. The van der Waals surface area contributed by atoms with Crippen LogP contribution >= 0.6 is 0 Å². The summed E-state index contributed by atoms with van der Waals surface area (Å²) >= 11 is 0. The molecule has 0 radical (unpaired) electrons. The van der Waals surface area contributed by atoms with E-state index in [1.165, 1.54) is 11.0 Å². The lowest BCUT2D eigenvalue weighted by Gasteiger charge is -2.35. The summed E-state index contributed by atoms with van der Waals surface area (Å²) in [5.41, 5.74) is 0.485. The van der Waals surface area contributed by atoms with Gasteiger partial charge in [0.05, 0.1) is 6.20 Å². The molecule has 1 aliphatic rings. The fourth-order valence-corrected chi connectivity index (χ4v) is 3.31. The van der Waals surface area contributed by atoms with Gasteiger partial charge in [-0.1, -0.05) is 0 Å². The number of aromatic nitrogens is 8. The highest BCUT2D eigenvalue weighted by atomic mass is 16.2. The Morgan fingerprint density at radius 3 is 3.12 bits per heavy atom. The highest BCUT2D eigenvalue weighted by Crippen LogP contribution is 2.24. The van der Waals surface area contributed by atoms with Crippen molar-refractivity contribution in [2.75, 3.05) is 6.54 Å². The molecule has 0 aliphatic carbocycles. The van der Waals surface area contributed by atoms with Gasteiger partial charge in [-0.25, -0.2) is 0 Å². The number of piperidine rings is 1. The van der Waals surface area contributed by atoms with E-state index in [1.807, 2.05) is 21.8 Å². The van der Waals surface area contributed by atoms with Gasteiger partial charge in [0, 0.05) is 31.5 Å². The molecule has 4 heterocycles. The SMILES string of the molecule is O=C(c1cn[nH]c1-n1cnnn1)N1CCCCC1CCn1cccn1. The molecule has 10 nitrogen and oxygen atoms in total. The largest absolute Gasteiger partial charge is 0.335 e. The Bertz CT molecular complexity index is 808. The maximum Gasteiger partial charge on any atom is 0.259 e. The van der Waals surface area contributed by atoms with Crippen molar-refractivity contribution in [3.8, 4) is 5.82 Å². The minimum absolute atomic E-state index is 0.0376. The average molecular weight is 341 g/mol. The molecule has 25 heavy (non-hydrogen) atoms. The highest BCUT2D eigenvalue weighted by molar-refractivity contribution is 5.97. The Morgan fingerprint density at radius 1 is 1.36 bits per heavy atom. The van der Waals surface area contributed by atoms with Gasteiger partial charge in [-0.15, -0.1) is 5.10 Å². The van der Waals surface area contributed by atoms with Gasteiger partial charge in [0.2, 0.25) is 0 Å². The summed E-state index contributed by atoms with van der Waals surface area (Å²) in [5.74, 6) is 0.454. The third kappa shape index (κ3) is 3.14. The third-order valence-electron chi connectivity index (χ3n) is 4.57. The van der Waals surface area contributed by atoms with E-state index in [1.54, 1.807) is 12.4 Å². The van der Waals surface area contributed by atoms with E-state index in [0.717, 1.165) is 38.8 Å². The lowest BCUT2D eigenvalue weighted by molar-refractivity contribution is 0.0594. The van der Waals surface area contributed by atoms with Crippen molar-refractivity contribution >= 4 is 5.91 Å². The van der Waals surface area contributed by atoms with Crippen LogP contribution in [0.5, 0.6) is 0 Å². The van der Waals surface area contributed by atoms with E-state index in [-0.39, 0.29) is 11.9 Å². The summed E-state index contributed by atoms with van der Waals surface area (Å²) in [5, 5.41) is 22.1. The van der Waals surface area contributed by atoms with Crippen LogP contribution in [0.15, 0.2) is 31.0 Å². The molecule has 1 amide bonds. The second kappa shape index (κ2) is 6.83. The van der Waals surface area contributed by atoms with Crippen molar-refractivity contribution in [1.82, 2.24) is 45.1 Å². The fraction of sp³-hybridized carbons (Fsp3) is 0.467. The summed E-state index contributed by atoms with van der Waals surface area (Å²) in [7, 11) is 0. The normalized spacial score (nSPS) is 17.8. The fourth-order valence-electron chi connectivity index (χ4n) is 3.31. The molecule has 1 atom stereocenters. The summed E-state index contributed by atoms with van der Waals surface area (Å²) in [6, 6.07) is 2.11. The smallest absolute Gasteiger partial charge is 0.259 e. The van der Waals surface area contributed by atoms with Crippen molar-refractivity contribution < 1.29 is 4.79 Å². The number of hydrogen-bond donors (Lipinski definition) is 1. The Labute approximate surface area is 143 Å². The zero-order valence-corrected chi connectivity index (χ0v) is 13.7. The summed E-state index contributed by atoms with van der Waals surface area (Å²) in [6.07, 6.45) is 10.7. The molecule has 130 valence electrons. The van der Waals surface area contributed by atoms with Crippen LogP contribution in [0, 0.1) is 0 Å². The van der Waals surface area contributed by atoms with E-state index in [4.69, 9.17) is 0 Å². The Hall–Kier alpha value is -3.04. The number of tetrazole rings is 1. The second-order valence-electron chi connectivity index (χ2n) is 6.09. The molecule has 10 heteroatoms. The molecule has 0 saturated carbocycles. The number of aromatic amines is 1. The maximum absolute atomic E-state index is 13.1. The van der Waals surface area contributed by atoms with Gasteiger partial charge in [-0.3, -0.25) is 14.6 Å². The van der Waals surface area contributed by atoms with Crippen LogP contribution in [0.3, 0.4) is 0 Å². The molecule has 3 aromatic rings. The van der Waals surface area contributed by atoms with E-state index in [9.17, 15) is 4.79 Å². The van der Waals surface area contributed by atoms with E-state index in [0.29, 0.717) is 11.4 Å². The first-order valence-electron chi connectivity index (χ1n) is 8.38. The van der Waals surface area contributed by atoms with Crippen molar-refractivity contribution in [3.05, 3.63) is 36.5 Å². The molecule has 3 aromatic heterocycles. The number of nitrogens with zero attached hydrogens (tertiary/aromatic N) is 8. The Morgan fingerprint density at radius 2 is 2.32 bits per heavy atom. The second-order valence-corrected chi connectivity index (χ2v) is 6.09. The molecule has 0 spiro atoms. The number of amides is 1. The molecule has 1 aliphatic heterocycles. The molecule has 0 aromatic carbocycles. The first kappa shape index (κ1) is 15.5. The molecule has 1 fully saturated rings. The van der Waals surface area contributed by atoms with Crippen molar-refractivity contribution in [2.24, 2.45) is 0 Å². The van der Waals surface area contributed by atoms with Crippen LogP contribution in [0.2, 0.25) is 0 Å². The van der Waals surface area contributed by atoms with Gasteiger partial charge in [0.25, 0.3) is 5.91 Å². The van der Waals surface area contributed by atoms with Crippen LogP contribution < -0.4 is 0 Å². The van der Waals surface area contributed by atoms with Gasteiger partial charge in [-0.05, 0) is 42.2 Å². The van der Waals surface area contributed by atoms with E-state index in [2.05, 4.69) is 30.8 Å².